The summed E-state index contributed by atoms with van der Waals surface area (Å²) in [5.41, 5.74) is -0.936. The van der Waals surface area contributed by atoms with Crippen LogP contribution in [0, 0.1) is 5.82 Å². The fraction of sp³-hybridized carbons (Fsp3) is 0.304. The average molecular weight is 579 g/mol. The predicted octanol–water partition coefficient (Wildman–Crippen LogP) is 2.46. The van der Waals surface area contributed by atoms with Crippen molar-refractivity contribution < 1.29 is 47.0 Å². The number of aromatic nitrogens is 3. The molecular weight excluding hydrogens is 554 g/mol. The van der Waals surface area contributed by atoms with Gasteiger partial charge in [-0.2, -0.15) is 4.98 Å². The van der Waals surface area contributed by atoms with Crippen molar-refractivity contribution in [3.8, 4) is 23.0 Å². The molecule has 0 aliphatic carbocycles. The Balaban J connectivity index is 1.62. The second kappa shape index (κ2) is 11.1. The highest BCUT2D eigenvalue weighted by molar-refractivity contribution is 7.44. The SMILES string of the molecule is COc1cc(Nc2ncc(F)c(Nc3ccc4c(n3)N(COP(=O)([O-])O)C(=O)C(C)(C)O4)n2)cc(OC)c1OC. The number of anilines is 5. The van der Waals surface area contributed by atoms with Gasteiger partial charge in [0.15, 0.2) is 40.3 Å². The summed E-state index contributed by atoms with van der Waals surface area (Å²) in [4.78, 5) is 46.2. The maximum Gasteiger partial charge on any atom is 0.273 e. The molecule has 1 aliphatic rings. The lowest BCUT2D eigenvalue weighted by Crippen LogP contribution is -2.53. The fourth-order valence-corrected chi connectivity index (χ4v) is 3.95. The maximum atomic E-state index is 14.7. The number of benzene rings is 1. The van der Waals surface area contributed by atoms with Gasteiger partial charge in [-0.15, -0.1) is 0 Å². The first kappa shape index (κ1) is 28.8. The number of amides is 1. The molecule has 0 saturated heterocycles. The Morgan fingerprint density at radius 2 is 1.80 bits per heavy atom. The van der Waals surface area contributed by atoms with Crippen LogP contribution in [-0.4, -0.2) is 59.4 Å². The number of fused-ring (bicyclic) bond motifs is 1. The highest BCUT2D eigenvalue weighted by atomic mass is 31.2. The number of hydrogen-bond acceptors (Lipinski definition) is 13. The van der Waals surface area contributed by atoms with Crippen LogP contribution in [0.2, 0.25) is 0 Å². The summed E-state index contributed by atoms with van der Waals surface area (Å²) in [6, 6.07) is 6.08. The normalized spacial score (nSPS) is 15.4. The summed E-state index contributed by atoms with van der Waals surface area (Å²) in [6.45, 7) is 2.06. The molecule has 3 aromatic rings. The van der Waals surface area contributed by atoms with Crippen LogP contribution in [0.1, 0.15) is 13.8 Å². The number of carbonyl (C=O) groups excluding carboxylic acids is 1. The van der Waals surface area contributed by atoms with Crippen LogP contribution in [-0.2, 0) is 13.9 Å². The summed E-state index contributed by atoms with van der Waals surface area (Å²) in [5, 5.41) is 5.62. The third-order valence-corrected chi connectivity index (χ3v) is 5.92. The summed E-state index contributed by atoms with van der Waals surface area (Å²) in [5.74, 6) is -0.678. The number of nitrogens with one attached hydrogen (secondary N) is 2. The molecule has 0 bridgehead atoms. The number of rotatable bonds is 10. The molecule has 3 N–H and O–H groups in total. The van der Waals surface area contributed by atoms with E-state index in [2.05, 4.69) is 30.1 Å². The number of pyridine rings is 1. The van der Waals surface area contributed by atoms with Gasteiger partial charge in [-0.1, -0.05) is 0 Å². The van der Waals surface area contributed by atoms with Gasteiger partial charge >= 0.3 is 0 Å². The van der Waals surface area contributed by atoms with E-state index in [9.17, 15) is 18.6 Å². The van der Waals surface area contributed by atoms with E-state index in [1.165, 1.54) is 47.3 Å². The molecule has 17 heteroatoms. The summed E-state index contributed by atoms with van der Waals surface area (Å²) in [6.07, 6.45) is 0.927. The van der Waals surface area contributed by atoms with Gasteiger partial charge in [-0.3, -0.25) is 18.8 Å². The Hall–Kier alpha value is -4.24. The smallest absolute Gasteiger partial charge is 0.273 e. The van der Waals surface area contributed by atoms with E-state index in [0.29, 0.717) is 22.9 Å². The van der Waals surface area contributed by atoms with Gasteiger partial charge in [0, 0.05) is 17.8 Å². The van der Waals surface area contributed by atoms with Crippen molar-refractivity contribution in [3.05, 3.63) is 36.3 Å². The molecule has 0 saturated carbocycles. The second-order valence-corrected chi connectivity index (χ2v) is 9.84. The minimum Gasteiger partial charge on any atom is -0.756 e. The topological polar surface area (TPSA) is 190 Å². The lowest BCUT2D eigenvalue weighted by molar-refractivity contribution is -0.219. The summed E-state index contributed by atoms with van der Waals surface area (Å²) >= 11 is 0. The quantitative estimate of drug-likeness (QED) is 0.297. The van der Waals surface area contributed by atoms with Crippen molar-refractivity contribution >= 4 is 42.8 Å². The zero-order valence-electron chi connectivity index (χ0n) is 21.9. The molecule has 15 nitrogen and oxygen atoms in total. The lowest BCUT2D eigenvalue weighted by Gasteiger charge is -2.38. The average Bonchev–Trinajstić information content (AvgIpc) is 2.89. The molecule has 1 atom stereocenters. The van der Waals surface area contributed by atoms with Gasteiger partial charge in [-0.25, -0.2) is 14.4 Å². The van der Waals surface area contributed by atoms with Crippen LogP contribution in [0.3, 0.4) is 0 Å². The highest BCUT2D eigenvalue weighted by Gasteiger charge is 2.42. The molecule has 40 heavy (non-hydrogen) atoms. The van der Waals surface area contributed by atoms with Crippen molar-refractivity contribution in [3.63, 3.8) is 0 Å². The fourth-order valence-electron chi connectivity index (χ4n) is 3.69. The molecule has 214 valence electrons. The number of methoxy groups -OCH3 is 3. The van der Waals surface area contributed by atoms with E-state index in [0.717, 1.165) is 11.1 Å². The first-order valence-corrected chi connectivity index (χ1v) is 12.9. The third kappa shape index (κ3) is 6.15. The monoisotopic (exact) mass is 579 g/mol. The van der Waals surface area contributed by atoms with Crippen molar-refractivity contribution in [2.24, 2.45) is 0 Å². The molecule has 2 aromatic heterocycles. The third-order valence-electron chi connectivity index (χ3n) is 5.48. The minimum absolute atomic E-state index is 0.000523. The highest BCUT2D eigenvalue weighted by Crippen LogP contribution is 2.41. The largest absolute Gasteiger partial charge is 0.756 e. The summed E-state index contributed by atoms with van der Waals surface area (Å²) in [7, 11) is -0.780. The van der Waals surface area contributed by atoms with Crippen LogP contribution in [0.15, 0.2) is 30.5 Å². The van der Waals surface area contributed by atoms with Crippen molar-refractivity contribution in [1.82, 2.24) is 15.0 Å². The Morgan fingerprint density at radius 3 is 2.40 bits per heavy atom. The number of nitrogens with zero attached hydrogens (tertiary/aromatic N) is 4. The standard InChI is InChI=1S/C23H26FN6O9P/c1-23(2)21(31)30(11-38-40(32,33)34)20-14(39-23)6-7-17(28-20)27-19-13(24)10-25-22(29-19)26-12-8-15(35-3)18(37-5)16(9-12)36-4/h6-10H,11H2,1-5H3,(H2,32,33,34)(H2,25,26,27,28,29)/p-1. The van der Waals surface area contributed by atoms with E-state index in [-0.39, 0.29) is 29.2 Å². The Labute approximate surface area is 227 Å². The van der Waals surface area contributed by atoms with Gasteiger partial charge in [0.05, 0.1) is 27.5 Å². The number of hydrogen-bond donors (Lipinski definition) is 3. The number of phosphoric ester groups is 1. The van der Waals surface area contributed by atoms with Crippen LogP contribution in [0.5, 0.6) is 23.0 Å². The molecule has 3 heterocycles. The Bertz CT molecular complexity index is 1460. The first-order valence-electron chi connectivity index (χ1n) is 11.4. The molecule has 0 fully saturated rings. The van der Waals surface area contributed by atoms with Crippen LogP contribution < -0.4 is 39.4 Å². The zero-order valence-corrected chi connectivity index (χ0v) is 22.8. The molecule has 4 rings (SSSR count). The van der Waals surface area contributed by atoms with Gasteiger partial charge in [0.25, 0.3) is 13.7 Å². The van der Waals surface area contributed by atoms with E-state index in [1.807, 2.05) is 0 Å². The van der Waals surface area contributed by atoms with Gasteiger partial charge < -0.3 is 39.4 Å². The Kier molecular flexibility index (Phi) is 7.98. The Morgan fingerprint density at radius 1 is 1.12 bits per heavy atom. The summed E-state index contributed by atoms with van der Waals surface area (Å²) < 4.78 is 51.9. The van der Waals surface area contributed by atoms with Crippen molar-refractivity contribution in [2.75, 3.05) is 43.6 Å². The van der Waals surface area contributed by atoms with E-state index in [4.69, 9.17) is 23.8 Å². The van der Waals surface area contributed by atoms with Crippen molar-refractivity contribution in [2.45, 2.75) is 19.4 Å². The number of phosphoric acid groups is 1. The molecule has 1 unspecified atom stereocenters. The second-order valence-electron chi connectivity index (χ2n) is 8.64. The van der Waals surface area contributed by atoms with E-state index in [1.54, 1.807) is 12.1 Å². The lowest BCUT2D eigenvalue weighted by atomic mass is 10.1. The zero-order chi connectivity index (χ0) is 29.2. The van der Waals surface area contributed by atoms with Gasteiger partial charge in [0.1, 0.15) is 12.5 Å². The van der Waals surface area contributed by atoms with Crippen molar-refractivity contribution in [1.29, 1.82) is 0 Å². The maximum absolute atomic E-state index is 14.7. The van der Waals surface area contributed by atoms with Crippen LogP contribution in [0.4, 0.5) is 33.5 Å². The van der Waals surface area contributed by atoms with Gasteiger partial charge in [0.2, 0.25) is 11.7 Å². The van der Waals surface area contributed by atoms with Crippen LogP contribution >= 0.6 is 7.82 Å². The molecule has 0 radical (unpaired) electrons. The minimum atomic E-state index is -5.16. The predicted molar refractivity (Wildman–Crippen MR) is 137 cm³/mol. The van der Waals surface area contributed by atoms with E-state index >= 15 is 0 Å². The number of ether oxygens (including phenoxy) is 4. The molecule has 1 amide bonds. The molecule has 0 spiro atoms. The number of carbonyl (C=O) groups is 1. The van der Waals surface area contributed by atoms with Crippen LogP contribution in [0.25, 0.3) is 0 Å². The van der Waals surface area contributed by atoms with Gasteiger partial charge in [-0.05, 0) is 26.0 Å². The number of halogens is 1. The molecule has 1 aliphatic heterocycles. The molecule has 1 aromatic carbocycles. The molecular formula is C23H25FN6O9P-. The first-order chi connectivity index (χ1) is 18.8. The van der Waals surface area contributed by atoms with E-state index < -0.39 is 31.9 Å².